The number of rotatable bonds is 5. The highest BCUT2D eigenvalue weighted by Crippen LogP contribution is 2.26. The predicted molar refractivity (Wildman–Crippen MR) is 106 cm³/mol. The van der Waals surface area contributed by atoms with Crippen LogP contribution in [0.15, 0.2) is 54.6 Å². The summed E-state index contributed by atoms with van der Waals surface area (Å²) in [6.45, 7) is 3.49. The first-order valence-electron chi connectivity index (χ1n) is 9.31. The maximum atomic E-state index is 12.7. The van der Waals surface area contributed by atoms with Crippen LogP contribution < -0.4 is 15.4 Å². The molecule has 1 aliphatic heterocycles. The van der Waals surface area contributed by atoms with E-state index in [-0.39, 0.29) is 17.9 Å². The van der Waals surface area contributed by atoms with Crippen molar-refractivity contribution in [3.05, 3.63) is 54.6 Å². The van der Waals surface area contributed by atoms with E-state index in [1.165, 1.54) is 0 Å². The van der Waals surface area contributed by atoms with E-state index < -0.39 is 0 Å². The molecule has 0 saturated carbocycles. The summed E-state index contributed by atoms with van der Waals surface area (Å²) in [5.74, 6) is 0.331. The molecule has 6 nitrogen and oxygen atoms in total. The van der Waals surface area contributed by atoms with E-state index in [0.717, 1.165) is 18.5 Å². The van der Waals surface area contributed by atoms with Crippen LogP contribution in [-0.4, -0.2) is 36.5 Å². The number of nitrogens with one attached hydrogen (secondary N) is 2. The maximum absolute atomic E-state index is 12.7. The van der Waals surface area contributed by atoms with Crippen molar-refractivity contribution < 1.29 is 14.3 Å². The lowest BCUT2D eigenvalue weighted by atomic mass is 9.97. The van der Waals surface area contributed by atoms with Gasteiger partial charge in [-0.25, -0.2) is 4.79 Å². The Kier molecular flexibility index (Phi) is 6.30. The van der Waals surface area contributed by atoms with Crippen LogP contribution in [0.1, 0.15) is 19.8 Å². The first-order chi connectivity index (χ1) is 13.2. The summed E-state index contributed by atoms with van der Waals surface area (Å²) in [6.07, 6.45) is 1.56. The highest BCUT2D eigenvalue weighted by molar-refractivity contribution is 5.95. The highest BCUT2D eigenvalue weighted by atomic mass is 16.5. The molecule has 1 fully saturated rings. The molecule has 1 atom stereocenters. The second-order valence-electron chi connectivity index (χ2n) is 6.50. The predicted octanol–water partition coefficient (Wildman–Crippen LogP) is 3.97. The van der Waals surface area contributed by atoms with Gasteiger partial charge < -0.3 is 20.3 Å². The van der Waals surface area contributed by atoms with E-state index in [1.807, 2.05) is 61.5 Å². The van der Waals surface area contributed by atoms with Crippen LogP contribution in [-0.2, 0) is 4.79 Å². The molecule has 1 heterocycles. The molecule has 142 valence electrons. The summed E-state index contributed by atoms with van der Waals surface area (Å²) in [4.78, 5) is 26.9. The van der Waals surface area contributed by atoms with Gasteiger partial charge in [0.25, 0.3) is 0 Å². The molecule has 0 aromatic heterocycles. The first-order valence-corrected chi connectivity index (χ1v) is 9.31. The van der Waals surface area contributed by atoms with Crippen LogP contribution in [0.25, 0.3) is 0 Å². The third-order valence-electron chi connectivity index (χ3n) is 4.55. The van der Waals surface area contributed by atoms with Crippen LogP contribution >= 0.6 is 0 Å². The van der Waals surface area contributed by atoms with E-state index in [9.17, 15) is 9.59 Å². The molecular weight excluding hydrogens is 342 g/mol. The smallest absolute Gasteiger partial charge is 0.321 e. The van der Waals surface area contributed by atoms with Crippen molar-refractivity contribution in [2.24, 2.45) is 5.92 Å². The molecule has 2 aromatic rings. The molecule has 0 radical (unpaired) electrons. The van der Waals surface area contributed by atoms with Crippen LogP contribution in [0.5, 0.6) is 5.75 Å². The van der Waals surface area contributed by atoms with Crippen LogP contribution in [0.3, 0.4) is 0 Å². The van der Waals surface area contributed by atoms with Gasteiger partial charge in [0.15, 0.2) is 0 Å². The zero-order chi connectivity index (χ0) is 19.1. The SMILES string of the molecule is CCOc1ccccc1NC(=O)[C@@H]1CCCN(C(=O)Nc2ccccc2)C1. The number of para-hydroxylation sites is 3. The Bertz CT molecular complexity index is 779. The number of hydrogen-bond acceptors (Lipinski definition) is 3. The number of ether oxygens (including phenoxy) is 1. The second-order valence-corrected chi connectivity index (χ2v) is 6.50. The maximum Gasteiger partial charge on any atom is 0.321 e. The molecule has 0 unspecified atom stereocenters. The number of amides is 3. The number of likely N-dealkylation sites (tertiary alicyclic amines) is 1. The molecule has 1 saturated heterocycles. The molecule has 6 heteroatoms. The average Bonchev–Trinajstić information content (AvgIpc) is 2.70. The lowest BCUT2D eigenvalue weighted by molar-refractivity contribution is -0.121. The zero-order valence-corrected chi connectivity index (χ0v) is 15.5. The molecule has 1 aliphatic rings. The lowest BCUT2D eigenvalue weighted by Crippen LogP contribution is -2.45. The van der Waals surface area contributed by atoms with E-state index in [1.54, 1.807) is 4.90 Å². The standard InChI is InChI=1S/C21H25N3O3/c1-2-27-19-13-7-6-12-18(19)23-20(25)16-9-8-14-24(15-16)21(26)22-17-10-4-3-5-11-17/h3-7,10-13,16H,2,8-9,14-15H2,1H3,(H,22,26)(H,23,25)/t16-/m1/s1. The minimum atomic E-state index is -0.241. The van der Waals surface area contributed by atoms with Gasteiger partial charge in [0.1, 0.15) is 5.75 Å². The van der Waals surface area contributed by atoms with Crippen molar-refractivity contribution in [3.8, 4) is 5.75 Å². The Morgan fingerprint density at radius 2 is 1.81 bits per heavy atom. The fraction of sp³-hybridized carbons (Fsp3) is 0.333. The number of hydrogen-bond donors (Lipinski definition) is 2. The van der Waals surface area contributed by atoms with Crippen molar-refractivity contribution in [1.29, 1.82) is 0 Å². The van der Waals surface area contributed by atoms with Crippen molar-refractivity contribution in [2.75, 3.05) is 30.3 Å². The van der Waals surface area contributed by atoms with E-state index in [0.29, 0.717) is 31.1 Å². The van der Waals surface area contributed by atoms with Gasteiger partial charge in [-0.3, -0.25) is 4.79 Å². The summed E-state index contributed by atoms with van der Waals surface area (Å²) in [5, 5.41) is 5.83. The van der Waals surface area contributed by atoms with Gasteiger partial charge in [-0.2, -0.15) is 0 Å². The molecule has 3 rings (SSSR count). The monoisotopic (exact) mass is 367 g/mol. The summed E-state index contributed by atoms with van der Waals surface area (Å²) < 4.78 is 5.56. The van der Waals surface area contributed by atoms with Gasteiger partial charge in [0, 0.05) is 18.8 Å². The molecule has 0 bridgehead atoms. The van der Waals surface area contributed by atoms with Crippen LogP contribution in [0.4, 0.5) is 16.2 Å². The van der Waals surface area contributed by atoms with Crippen molar-refractivity contribution in [1.82, 2.24) is 4.90 Å². The van der Waals surface area contributed by atoms with Gasteiger partial charge in [-0.1, -0.05) is 30.3 Å². The average molecular weight is 367 g/mol. The van der Waals surface area contributed by atoms with E-state index in [4.69, 9.17) is 4.74 Å². The molecular formula is C21H25N3O3. The quantitative estimate of drug-likeness (QED) is 0.840. The minimum absolute atomic E-state index is 0.0839. The third-order valence-corrected chi connectivity index (χ3v) is 4.55. The number of anilines is 2. The molecule has 0 spiro atoms. The van der Waals surface area contributed by atoms with Crippen molar-refractivity contribution in [3.63, 3.8) is 0 Å². The van der Waals surface area contributed by atoms with Crippen LogP contribution in [0.2, 0.25) is 0 Å². The second kappa shape index (κ2) is 9.07. The van der Waals surface area contributed by atoms with E-state index >= 15 is 0 Å². The molecule has 27 heavy (non-hydrogen) atoms. The first kappa shape index (κ1) is 18.8. The fourth-order valence-electron chi connectivity index (χ4n) is 3.19. The van der Waals surface area contributed by atoms with Gasteiger partial charge in [-0.15, -0.1) is 0 Å². The molecule has 2 N–H and O–H groups in total. The summed E-state index contributed by atoms with van der Waals surface area (Å²) >= 11 is 0. The third kappa shape index (κ3) is 5.00. The Labute approximate surface area is 159 Å². The van der Waals surface area contributed by atoms with Gasteiger partial charge in [0.2, 0.25) is 5.91 Å². The number of urea groups is 1. The largest absolute Gasteiger partial charge is 0.492 e. The molecule has 2 aromatic carbocycles. The minimum Gasteiger partial charge on any atom is -0.492 e. The number of piperidine rings is 1. The molecule has 3 amide bonds. The topological polar surface area (TPSA) is 70.7 Å². The fourth-order valence-corrected chi connectivity index (χ4v) is 3.19. The Hall–Kier alpha value is -3.02. The summed E-state index contributed by atoms with van der Waals surface area (Å²) in [6, 6.07) is 16.6. The Morgan fingerprint density at radius 1 is 1.07 bits per heavy atom. The zero-order valence-electron chi connectivity index (χ0n) is 15.5. The summed E-state index contributed by atoms with van der Waals surface area (Å²) in [5.41, 5.74) is 1.41. The highest BCUT2D eigenvalue weighted by Gasteiger charge is 2.29. The van der Waals surface area contributed by atoms with Gasteiger partial charge in [0.05, 0.1) is 18.2 Å². The molecule has 0 aliphatic carbocycles. The Balaban J connectivity index is 1.60. The number of benzene rings is 2. The van der Waals surface area contributed by atoms with Crippen LogP contribution in [0, 0.1) is 5.92 Å². The summed E-state index contributed by atoms with van der Waals surface area (Å²) in [7, 11) is 0. The van der Waals surface area contributed by atoms with Crippen molar-refractivity contribution >= 4 is 23.3 Å². The van der Waals surface area contributed by atoms with Gasteiger partial charge in [-0.05, 0) is 44.0 Å². The number of carbonyl (C=O) groups excluding carboxylic acids is 2. The van der Waals surface area contributed by atoms with Gasteiger partial charge >= 0.3 is 6.03 Å². The normalized spacial score (nSPS) is 16.5. The van der Waals surface area contributed by atoms with E-state index in [2.05, 4.69) is 10.6 Å². The number of carbonyl (C=O) groups is 2. The number of nitrogens with zero attached hydrogens (tertiary/aromatic N) is 1. The van der Waals surface area contributed by atoms with Crippen molar-refractivity contribution in [2.45, 2.75) is 19.8 Å². The Morgan fingerprint density at radius 3 is 2.59 bits per heavy atom. The lowest BCUT2D eigenvalue weighted by Gasteiger charge is -2.32.